The van der Waals surface area contributed by atoms with Gasteiger partial charge in [0, 0.05) is 6.04 Å². The molecular formula is C15H20N2O2. The molecule has 1 atom stereocenters. The zero-order valence-corrected chi connectivity index (χ0v) is 11.7. The monoisotopic (exact) mass is 260 g/mol. The van der Waals surface area contributed by atoms with Crippen molar-refractivity contribution in [2.24, 2.45) is 0 Å². The van der Waals surface area contributed by atoms with E-state index in [4.69, 9.17) is 5.11 Å². The Bertz CT molecular complexity index is 601. The molecule has 1 N–H and O–H groups in total. The van der Waals surface area contributed by atoms with Crippen molar-refractivity contribution < 1.29 is 9.90 Å². The second kappa shape index (κ2) is 5.43. The smallest absolute Gasteiger partial charge is 0.335 e. The van der Waals surface area contributed by atoms with Gasteiger partial charge in [0.1, 0.15) is 5.82 Å². The first-order chi connectivity index (χ1) is 9.08. The minimum Gasteiger partial charge on any atom is -0.478 e. The molecule has 1 aromatic heterocycles. The van der Waals surface area contributed by atoms with E-state index in [1.54, 1.807) is 18.2 Å². The molecule has 0 saturated heterocycles. The van der Waals surface area contributed by atoms with Crippen LogP contribution in [0.2, 0.25) is 0 Å². The summed E-state index contributed by atoms with van der Waals surface area (Å²) in [5, 5.41) is 9.11. The van der Waals surface area contributed by atoms with E-state index in [0.29, 0.717) is 11.6 Å². The number of hydrogen-bond acceptors (Lipinski definition) is 2. The van der Waals surface area contributed by atoms with Gasteiger partial charge in [-0.05, 0) is 38.0 Å². The lowest BCUT2D eigenvalue weighted by Gasteiger charge is -2.18. The molecule has 1 heterocycles. The third kappa shape index (κ3) is 2.48. The summed E-state index contributed by atoms with van der Waals surface area (Å²) in [6, 6.07) is 5.53. The van der Waals surface area contributed by atoms with E-state index in [0.717, 1.165) is 36.1 Å². The van der Waals surface area contributed by atoms with Crippen LogP contribution in [0.15, 0.2) is 18.2 Å². The number of carboxylic acids is 1. The maximum atomic E-state index is 11.1. The van der Waals surface area contributed by atoms with Crippen LogP contribution in [0.25, 0.3) is 11.0 Å². The zero-order valence-electron chi connectivity index (χ0n) is 11.7. The van der Waals surface area contributed by atoms with E-state index < -0.39 is 5.97 Å². The predicted molar refractivity (Wildman–Crippen MR) is 75.7 cm³/mol. The first kappa shape index (κ1) is 13.6. The summed E-state index contributed by atoms with van der Waals surface area (Å²) >= 11 is 0. The number of carbonyl (C=O) groups is 1. The molecule has 0 radical (unpaired) electrons. The summed E-state index contributed by atoms with van der Waals surface area (Å²) in [5.41, 5.74) is 2.12. The van der Waals surface area contributed by atoms with Gasteiger partial charge in [0.05, 0.1) is 16.6 Å². The molecule has 0 aliphatic rings. The fourth-order valence-electron chi connectivity index (χ4n) is 2.66. The summed E-state index contributed by atoms with van der Waals surface area (Å²) in [4.78, 5) is 15.6. The van der Waals surface area contributed by atoms with Crippen LogP contribution in [0.4, 0.5) is 0 Å². The van der Waals surface area contributed by atoms with Crippen LogP contribution in [0.1, 0.15) is 55.3 Å². The first-order valence-electron chi connectivity index (χ1n) is 6.80. The van der Waals surface area contributed by atoms with Gasteiger partial charge in [-0.2, -0.15) is 0 Å². The van der Waals surface area contributed by atoms with Gasteiger partial charge < -0.3 is 9.67 Å². The number of hydrogen-bond donors (Lipinski definition) is 1. The number of aromatic carboxylic acids is 1. The largest absolute Gasteiger partial charge is 0.478 e. The number of aryl methyl sites for hydroxylation is 1. The number of nitrogens with zero attached hydrogens (tertiary/aromatic N) is 2. The standard InChI is InChI=1S/C15H20N2O2/c1-4-6-12(5-2)17-10(3)16-13-8-7-11(15(18)19)9-14(13)17/h7-9,12H,4-6H2,1-3H3,(H,18,19). The van der Waals surface area contributed by atoms with E-state index in [9.17, 15) is 4.79 Å². The van der Waals surface area contributed by atoms with Crippen LogP contribution >= 0.6 is 0 Å². The molecule has 1 unspecified atom stereocenters. The van der Waals surface area contributed by atoms with Crippen molar-refractivity contribution in [1.29, 1.82) is 0 Å². The van der Waals surface area contributed by atoms with Gasteiger partial charge in [-0.1, -0.05) is 20.3 Å². The SMILES string of the molecule is CCCC(CC)n1c(C)nc2ccc(C(=O)O)cc21. The van der Waals surface area contributed by atoms with Crippen molar-refractivity contribution in [2.45, 2.75) is 46.1 Å². The molecule has 2 aromatic rings. The van der Waals surface area contributed by atoms with Crippen molar-refractivity contribution in [3.05, 3.63) is 29.6 Å². The average Bonchev–Trinajstić information content (AvgIpc) is 2.71. The summed E-state index contributed by atoms with van der Waals surface area (Å²) in [6.07, 6.45) is 3.22. The van der Waals surface area contributed by atoms with Gasteiger partial charge in [-0.15, -0.1) is 0 Å². The lowest BCUT2D eigenvalue weighted by Crippen LogP contribution is -2.10. The summed E-state index contributed by atoms with van der Waals surface area (Å²) in [6.45, 7) is 6.31. The van der Waals surface area contributed by atoms with Crippen LogP contribution in [0, 0.1) is 6.92 Å². The Labute approximate surface area is 113 Å². The van der Waals surface area contributed by atoms with Gasteiger partial charge in [0.25, 0.3) is 0 Å². The van der Waals surface area contributed by atoms with E-state index >= 15 is 0 Å². The van der Waals surface area contributed by atoms with E-state index in [2.05, 4.69) is 23.4 Å². The quantitative estimate of drug-likeness (QED) is 0.889. The maximum Gasteiger partial charge on any atom is 0.335 e. The number of rotatable bonds is 5. The molecule has 102 valence electrons. The maximum absolute atomic E-state index is 11.1. The highest BCUT2D eigenvalue weighted by Crippen LogP contribution is 2.27. The van der Waals surface area contributed by atoms with Crippen molar-refractivity contribution in [3.63, 3.8) is 0 Å². The first-order valence-corrected chi connectivity index (χ1v) is 6.80. The Kier molecular flexibility index (Phi) is 3.88. The van der Waals surface area contributed by atoms with Crippen LogP contribution in [0.5, 0.6) is 0 Å². The van der Waals surface area contributed by atoms with Crippen LogP contribution in [-0.4, -0.2) is 20.6 Å². The molecule has 0 amide bonds. The Morgan fingerprint density at radius 2 is 2.16 bits per heavy atom. The van der Waals surface area contributed by atoms with Crippen molar-refractivity contribution in [1.82, 2.24) is 9.55 Å². The minimum absolute atomic E-state index is 0.319. The molecule has 1 aromatic carbocycles. The van der Waals surface area contributed by atoms with Gasteiger partial charge in [0.2, 0.25) is 0 Å². The molecular weight excluding hydrogens is 240 g/mol. The van der Waals surface area contributed by atoms with Crippen LogP contribution < -0.4 is 0 Å². The predicted octanol–water partition coefficient (Wildman–Crippen LogP) is 3.79. The van der Waals surface area contributed by atoms with E-state index in [1.165, 1.54) is 0 Å². The summed E-state index contributed by atoms with van der Waals surface area (Å²) < 4.78 is 2.19. The lowest BCUT2D eigenvalue weighted by molar-refractivity contribution is 0.0697. The third-order valence-electron chi connectivity index (χ3n) is 3.57. The topological polar surface area (TPSA) is 55.1 Å². The number of carboxylic acid groups (broad SMARTS) is 1. The van der Waals surface area contributed by atoms with Gasteiger partial charge in [-0.25, -0.2) is 9.78 Å². The second-order valence-corrected chi connectivity index (χ2v) is 4.89. The third-order valence-corrected chi connectivity index (χ3v) is 3.57. The average molecular weight is 260 g/mol. The number of imidazole rings is 1. The van der Waals surface area contributed by atoms with Gasteiger partial charge in [0.15, 0.2) is 0 Å². The molecule has 4 nitrogen and oxygen atoms in total. The van der Waals surface area contributed by atoms with E-state index in [1.807, 2.05) is 6.92 Å². The van der Waals surface area contributed by atoms with Crippen molar-refractivity contribution in [2.75, 3.05) is 0 Å². The molecule has 19 heavy (non-hydrogen) atoms. The molecule has 0 spiro atoms. The molecule has 0 fully saturated rings. The van der Waals surface area contributed by atoms with Crippen LogP contribution in [0.3, 0.4) is 0 Å². The molecule has 0 saturated carbocycles. The highest BCUT2D eigenvalue weighted by atomic mass is 16.4. The van der Waals surface area contributed by atoms with Crippen LogP contribution in [-0.2, 0) is 0 Å². The molecule has 0 bridgehead atoms. The van der Waals surface area contributed by atoms with Crippen molar-refractivity contribution >= 4 is 17.0 Å². The number of benzene rings is 1. The lowest BCUT2D eigenvalue weighted by atomic mass is 10.1. The minimum atomic E-state index is -0.893. The Morgan fingerprint density at radius 1 is 1.42 bits per heavy atom. The fourth-order valence-corrected chi connectivity index (χ4v) is 2.66. The number of fused-ring (bicyclic) bond motifs is 1. The highest BCUT2D eigenvalue weighted by molar-refractivity contribution is 5.92. The Balaban J connectivity index is 2.60. The van der Waals surface area contributed by atoms with Gasteiger partial charge in [-0.3, -0.25) is 0 Å². The van der Waals surface area contributed by atoms with Crippen molar-refractivity contribution in [3.8, 4) is 0 Å². The molecule has 0 aliphatic carbocycles. The second-order valence-electron chi connectivity index (χ2n) is 4.89. The number of aromatic nitrogens is 2. The highest BCUT2D eigenvalue weighted by Gasteiger charge is 2.16. The normalized spacial score (nSPS) is 12.8. The Hall–Kier alpha value is -1.84. The fraction of sp³-hybridized carbons (Fsp3) is 0.467. The summed E-state index contributed by atoms with van der Waals surface area (Å²) in [7, 11) is 0. The molecule has 2 rings (SSSR count). The molecule has 0 aliphatic heterocycles. The van der Waals surface area contributed by atoms with E-state index in [-0.39, 0.29) is 0 Å². The zero-order chi connectivity index (χ0) is 14.0. The van der Waals surface area contributed by atoms with Gasteiger partial charge >= 0.3 is 5.97 Å². The molecule has 4 heteroatoms. The Morgan fingerprint density at radius 3 is 2.74 bits per heavy atom. The summed E-state index contributed by atoms with van der Waals surface area (Å²) in [5.74, 6) is 0.0636.